The third kappa shape index (κ3) is 38.2. The quantitative estimate of drug-likeness (QED) is 0.0149. The number of unbranched alkanes of at least 4 members (excludes halogenated alkanes) is 24. The van der Waals surface area contributed by atoms with Crippen molar-refractivity contribution in [3.8, 4) is 0 Å². The summed E-state index contributed by atoms with van der Waals surface area (Å²) in [4.78, 5) is 26.5. The van der Waals surface area contributed by atoms with E-state index in [2.05, 4.69) is 62.5 Å². The molecule has 424 valence electrons. The summed E-state index contributed by atoms with van der Waals surface area (Å²) >= 11 is 0. The number of allylic oxidation sites excluding steroid dienone is 15. The van der Waals surface area contributed by atoms with Gasteiger partial charge in [-0.3, -0.25) is 9.59 Å². The molecule has 1 heterocycles. The lowest BCUT2D eigenvalue weighted by Gasteiger charge is -2.41. The highest BCUT2D eigenvalue weighted by Crippen LogP contribution is 2.26. The summed E-state index contributed by atoms with van der Waals surface area (Å²) in [6, 6.07) is -1.04. The van der Waals surface area contributed by atoms with E-state index < -0.39 is 67.4 Å². The van der Waals surface area contributed by atoms with E-state index in [4.69, 9.17) is 14.2 Å². The summed E-state index contributed by atoms with van der Waals surface area (Å²) in [5.74, 6) is -1.25. The van der Waals surface area contributed by atoms with Crippen LogP contribution in [0.4, 0.5) is 0 Å². The normalized spacial score (nSPS) is 20.0. The van der Waals surface area contributed by atoms with E-state index in [0.717, 1.165) is 83.5 Å². The average Bonchev–Trinajstić information content (AvgIpc) is 3.40. The zero-order valence-electron chi connectivity index (χ0n) is 46.7. The van der Waals surface area contributed by atoms with Gasteiger partial charge in [0.05, 0.1) is 25.4 Å². The third-order valence-corrected chi connectivity index (χ3v) is 13.3. The SMILES string of the molecule is CC/C=C/C=C/C=C\C=C/C=C/CCCCCC(=O)OC1C(OCC(NC(=O)C(O)CCCCCCCCCC/C=C\C/C=C\CCCCC)C(O)/C=C/CCCCCCCCCCCC)OC(CO)C(O)C1O. The van der Waals surface area contributed by atoms with Crippen molar-refractivity contribution >= 4 is 11.9 Å². The molecular formula is C63H107NO10. The molecule has 0 radical (unpaired) electrons. The second kappa shape index (κ2) is 50.4. The van der Waals surface area contributed by atoms with Gasteiger partial charge < -0.3 is 45.1 Å². The van der Waals surface area contributed by atoms with Crippen LogP contribution in [0.1, 0.15) is 226 Å². The number of aliphatic hydroxyl groups excluding tert-OH is 5. The molecule has 1 aliphatic heterocycles. The van der Waals surface area contributed by atoms with Gasteiger partial charge in [0, 0.05) is 6.42 Å². The van der Waals surface area contributed by atoms with Crippen LogP contribution in [0.15, 0.2) is 97.2 Å². The zero-order valence-corrected chi connectivity index (χ0v) is 46.7. The van der Waals surface area contributed by atoms with E-state index in [0.29, 0.717) is 12.8 Å². The zero-order chi connectivity index (χ0) is 54.0. The minimum absolute atomic E-state index is 0.0693. The molecule has 8 unspecified atom stereocenters. The number of carbonyl (C=O) groups is 2. The molecule has 1 saturated heterocycles. The molecule has 6 N–H and O–H groups in total. The predicted octanol–water partition coefficient (Wildman–Crippen LogP) is 13.6. The van der Waals surface area contributed by atoms with Crippen molar-refractivity contribution in [1.29, 1.82) is 0 Å². The second-order valence-corrected chi connectivity index (χ2v) is 20.1. The van der Waals surface area contributed by atoms with Crippen LogP contribution in [0.5, 0.6) is 0 Å². The van der Waals surface area contributed by atoms with Gasteiger partial charge in [-0.25, -0.2) is 0 Å². The summed E-state index contributed by atoms with van der Waals surface area (Å²) in [6.45, 7) is 5.58. The lowest BCUT2D eigenvalue weighted by Crippen LogP contribution is -2.61. The molecule has 0 spiro atoms. The van der Waals surface area contributed by atoms with Gasteiger partial charge in [0.15, 0.2) is 12.4 Å². The molecule has 0 bridgehead atoms. The number of carbonyl (C=O) groups excluding carboxylic acids is 2. The maximum absolute atomic E-state index is 13.4. The lowest BCUT2D eigenvalue weighted by atomic mass is 9.99. The van der Waals surface area contributed by atoms with E-state index in [1.54, 1.807) is 6.08 Å². The van der Waals surface area contributed by atoms with Crippen molar-refractivity contribution in [2.75, 3.05) is 13.2 Å². The van der Waals surface area contributed by atoms with Crippen LogP contribution in [0.25, 0.3) is 0 Å². The molecule has 1 amide bonds. The van der Waals surface area contributed by atoms with Crippen LogP contribution in [0.3, 0.4) is 0 Å². The van der Waals surface area contributed by atoms with Gasteiger partial charge in [-0.1, -0.05) is 240 Å². The molecule has 8 atom stereocenters. The van der Waals surface area contributed by atoms with Crippen LogP contribution in [-0.2, 0) is 23.8 Å². The Bertz CT molecular complexity index is 1570. The van der Waals surface area contributed by atoms with E-state index in [1.807, 2.05) is 54.7 Å². The van der Waals surface area contributed by atoms with Crippen molar-refractivity contribution in [1.82, 2.24) is 5.32 Å². The fraction of sp³-hybridized carbons (Fsp3) is 0.714. The molecule has 11 nitrogen and oxygen atoms in total. The number of esters is 1. The largest absolute Gasteiger partial charge is 0.454 e. The molecule has 0 aromatic rings. The van der Waals surface area contributed by atoms with Crippen LogP contribution < -0.4 is 5.32 Å². The first kappa shape index (κ1) is 68.6. The van der Waals surface area contributed by atoms with E-state index in [9.17, 15) is 35.1 Å². The third-order valence-electron chi connectivity index (χ3n) is 13.3. The lowest BCUT2D eigenvalue weighted by molar-refractivity contribution is -0.305. The molecule has 0 aromatic carbocycles. The van der Waals surface area contributed by atoms with Crippen LogP contribution in [-0.4, -0.2) is 99.6 Å². The molecule has 1 aliphatic rings. The van der Waals surface area contributed by atoms with E-state index >= 15 is 0 Å². The van der Waals surface area contributed by atoms with Crippen LogP contribution in [0.2, 0.25) is 0 Å². The monoisotopic (exact) mass is 1040 g/mol. The number of hydrogen-bond donors (Lipinski definition) is 6. The fourth-order valence-electron chi connectivity index (χ4n) is 8.64. The van der Waals surface area contributed by atoms with Gasteiger partial charge in [-0.2, -0.15) is 0 Å². The van der Waals surface area contributed by atoms with Crippen LogP contribution >= 0.6 is 0 Å². The first-order valence-corrected chi connectivity index (χ1v) is 29.6. The van der Waals surface area contributed by atoms with Crippen molar-refractivity contribution < 1.29 is 49.3 Å². The summed E-state index contributed by atoms with van der Waals surface area (Å²) in [5.41, 5.74) is 0. The first-order chi connectivity index (χ1) is 36.2. The summed E-state index contributed by atoms with van der Waals surface area (Å²) in [7, 11) is 0. The Labute approximate surface area is 450 Å². The van der Waals surface area contributed by atoms with E-state index in [1.165, 1.54) is 96.3 Å². The number of nitrogens with one attached hydrogen (secondary N) is 1. The highest BCUT2D eigenvalue weighted by atomic mass is 16.7. The highest BCUT2D eigenvalue weighted by Gasteiger charge is 2.47. The molecule has 11 heteroatoms. The van der Waals surface area contributed by atoms with Crippen molar-refractivity contribution in [2.24, 2.45) is 0 Å². The van der Waals surface area contributed by atoms with Gasteiger partial charge in [0.1, 0.15) is 24.4 Å². The summed E-state index contributed by atoms with van der Waals surface area (Å²) in [5, 5.41) is 56.9. The average molecular weight is 1040 g/mol. The Hall–Kier alpha value is -3.42. The highest BCUT2D eigenvalue weighted by molar-refractivity contribution is 5.80. The standard InChI is InChI=1S/C63H107NO10/c1-4-7-10-13-16-19-22-25-27-28-29-31-32-35-38-41-44-47-50-56(67)62(71)64-54(55(66)49-46-43-40-37-34-24-21-18-15-12-9-6-3)53-72-63-61(60(70)59(69)57(52-65)73-63)74-58(68)51-48-45-42-39-36-33-30-26-23-20-17-14-11-8-5-2/h8,11,14,16-17,19-20,23,25-27,30,33,36,46,49,54-57,59-61,63,65-67,69-70H,4-7,9-10,12-13,15,18,21-22,24,28-29,31-32,34-35,37-45,47-48,50-53H2,1-3H3,(H,64,71)/b11-8+,17-14+,19-16-,23-20-,27-25-,30-26-,36-33+,49-46+. The Morgan fingerprint density at radius 2 is 1.03 bits per heavy atom. The number of rotatable bonds is 48. The minimum Gasteiger partial charge on any atom is -0.454 e. The number of amides is 1. The molecule has 0 aliphatic carbocycles. The van der Waals surface area contributed by atoms with Crippen molar-refractivity contribution in [3.63, 3.8) is 0 Å². The molecule has 74 heavy (non-hydrogen) atoms. The minimum atomic E-state index is -1.64. The second-order valence-electron chi connectivity index (χ2n) is 20.1. The summed E-state index contributed by atoms with van der Waals surface area (Å²) < 4.78 is 17.5. The van der Waals surface area contributed by atoms with Crippen LogP contribution in [0, 0.1) is 0 Å². The van der Waals surface area contributed by atoms with E-state index in [-0.39, 0.29) is 19.4 Å². The smallest absolute Gasteiger partial charge is 0.306 e. The molecule has 0 saturated carbocycles. The van der Waals surface area contributed by atoms with Gasteiger partial charge in [0.25, 0.3) is 0 Å². The van der Waals surface area contributed by atoms with Crippen molar-refractivity contribution in [2.45, 2.75) is 275 Å². The Balaban J connectivity index is 2.74. The van der Waals surface area contributed by atoms with Gasteiger partial charge in [-0.05, 0) is 77.0 Å². The summed E-state index contributed by atoms with van der Waals surface area (Å²) in [6.07, 6.45) is 55.8. The first-order valence-electron chi connectivity index (χ1n) is 29.6. The maximum Gasteiger partial charge on any atom is 0.306 e. The molecule has 1 rings (SSSR count). The van der Waals surface area contributed by atoms with Gasteiger partial charge in [0.2, 0.25) is 5.91 Å². The number of aliphatic hydroxyl groups is 5. The molecule has 1 fully saturated rings. The topological polar surface area (TPSA) is 175 Å². The van der Waals surface area contributed by atoms with Gasteiger partial charge in [-0.15, -0.1) is 0 Å². The van der Waals surface area contributed by atoms with Gasteiger partial charge >= 0.3 is 5.97 Å². The Kier molecular flexibility index (Phi) is 46.7. The Morgan fingerprint density at radius 1 is 0.554 bits per heavy atom. The number of ether oxygens (including phenoxy) is 3. The predicted molar refractivity (Wildman–Crippen MR) is 305 cm³/mol. The maximum atomic E-state index is 13.4. The Morgan fingerprint density at radius 3 is 1.59 bits per heavy atom. The molecule has 0 aromatic heterocycles. The van der Waals surface area contributed by atoms with Crippen molar-refractivity contribution in [3.05, 3.63) is 97.2 Å². The fourth-order valence-corrected chi connectivity index (χ4v) is 8.64. The molecular weight excluding hydrogens is 931 g/mol. The number of hydrogen-bond acceptors (Lipinski definition) is 10.